The van der Waals surface area contributed by atoms with E-state index in [0.717, 1.165) is 22.9 Å². The number of pyridine rings is 1. The molecule has 0 saturated heterocycles. The molecule has 3 nitrogen and oxygen atoms in total. The number of rotatable bonds is 2. The Bertz CT molecular complexity index is 454. The Balaban J connectivity index is 2.52. The van der Waals surface area contributed by atoms with Crippen LogP contribution in [-0.4, -0.2) is 16.6 Å². The summed E-state index contributed by atoms with van der Waals surface area (Å²) in [6, 6.07) is 7.16. The molecule has 1 heterocycles. The second-order valence-electron chi connectivity index (χ2n) is 3.26. The number of phenolic OH excluding ortho intramolecular Hbond substituents is 1. The highest BCUT2D eigenvalue weighted by atomic mass is 16.3. The van der Waals surface area contributed by atoms with Crippen molar-refractivity contribution in [2.75, 3.05) is 6.54 Å². The lowest BCUT2D eigenvalue weighted by Gasteiger charge is -2.01. The summed E-state index contributed by atoms with van der Waals surface area (Å²) in [6.07, 6.45) is 2.64. The normalized spacial score (nSPS) is 10.6. The first-order valence-electron chi connectivity index (χ1n) is 4.57. The van der Waals surface area contributed by atoms with Gasteiger partial charge >= 0.3 is 0 Å². The maximum absolute atomic E-state index is 9.30. The number of benzene rings is 1. The van der Waals surface area contributed by atoms with E-state index in [4.69, 9.17) is 5.73 Å². The van der Waals surface area contributed by atoms with Crippen molar-refractivity contribution in [3.63, 3.8) is 0 Å². The van der Waals surface area contributed by atoms with Crippen LogP contribution in [0.15, 0.2) is 30.5 Å². The van der Waals surface area contributed by atoms with Crippen molar-refractivity contribution in [2.45, 2.75) is 6.42 Å². The van der Waals surface area contributed by atoms with Crippen LogP contribution in [0.3, 0.4) is 0 Å². The van der Waals surface area contributed by atoms with Gasteiger partial charge in [-0.05, 0) is 42.8 Å². The highest BCUT2D eigenvalue weighted by Crippen LogP contribution is 2.18. The predicted molar refractivity (Wildman–Crippen MR) is 56.2 cm³/mol. The zero-order chi connectivity index (χ0) is 9.97. The van der Waals surface area contributed by atoms with Crippen molar-refractivity contribution < 1.29 is 5.11 Å². The van der Waals surface area contributed by atoms with Crippen LogP contribution in [-0.2, 0) is 6.42 Å². The summed E-state index contributed by atoms with van der Waals surface area (Å²) in [4.78, 5) is 4.27. The number of hydrogen-bond acceptors (Lipinski definition) is 3. The predicted octanol–water partition coefficient (Wildman–Crippen LogP) is 1.44. The molecule has 0 radical (unpaired) electrons. The average Bonchev–Trinajstić information content (AvgIpc) is 2.17. The summed E-state index contributed by atoms with van der Waals surface area (Å²) in [7, 11) is 0. The first kappa shape index (κ1) is 8.97. The summed E-state index contributed by atoms with van der Waals surface area (Å²) >= 11 is 0. The Morgan fingerprint density at radius 3 is 2.93 bits per heavy atom. The van der Waals surface area contributed by atoms with E-state index in [1.807, 2.05) is 12.3 Å². The third-order valence-corrected chi connectivity index (χ3v) is 2.15. The number of fused-ring (bicyclic) bond motifs is 1. The van der Waals surface area contributed by atoms with Crippen molar-refractivity contribution in [1.82, 2.24) is 4.98 Å². The molecule has 1 aromatic carbocycles. The maximum Gasteiger partial charge on any atom is 0.116 e. The second kappa shape index (κ2) is 3.64. The second-order valence-corrected chi connectivity index (χ2v) is 3.26. The number of nitrogens with zero attached hydrogens (tertiary/aromatic N) is 1. The van der Waals surface area contributed by atoms with Crippen molar-refractivity contribution in [2.24, 2.45) is 5.73 Å². The number of hydrogen-bond donors (Lipinski definition) is 2. The van der Waals surface area contributed by atoms with Gasteiger partial charge in [-0.2, -0.15) is 0 Å². The Morgan fingerprint density at radius 1 is 1.29 bits per heavy atom. The van der Waals surface area contributed by atoms with Gasteiger partial charge < -0.3 is 10.8 Å². The van der Waals surface area contributed by atoms with E-state index in [2.05, 4.69) is 4.98 Å². The quantitative estimate of drug-likeness (QED) is 0.749. The number of aromatic nitrogens is 1. The van der Waals surface area contributed by atoms with E-state index in [-0.39, 0.29) is 5.75 Å². The largest absolute Gasteiger partial charge is 0.508 e. The van der Waals surface area contributed by atoms with Crippen LogP contribution in [0.5, 0.6) is 5.75 Å². The summed E-state index contributed by atoms with van der Waals surface area (Å²) < 4.78 is 0. The van der Waals surface area contributed by atoms with Gasteiger partial charge in [0.1, 0.15) is 5.75 Å². The molecule has 2 rings (SSSR count). The molecule has 0 aliphatic heterocycles. The molecule has 1 aromatic heterocycles. The number of aromatic hydroxyl groups is 1. The van der Waals surface area contributed by atoms with Crippen molar-refractivity contribution in [1.29, 1.82) is 0 Å². The van der Waals surface area contributed by atoms with Gasteiger partial charge in [0.05, 0.1) is 5.52 Å². The molecule has 2 aromatic rings. The number of phenols is 1. The molecule has 3 N–H and O–H groups in total. The van der Waals surface area contributed by atoms with Gasteiger partial charge in [-0.25, -0.2) is 0 Å². The monoisotopic (exact) mass is 188 g/mol. The van der Waals surface area contributed by atoms with Crippen molar-refractivity contribution in [3.05, 3.63) is 36.0 Å². The van der Waals surface area contributed by atoms with Crippen LogP contribution < -0.4 is 5.73 Å². The molecular weight excluding hydrogens is 176 g/mol. The molecule has 0 unspecified atom stereocenters. The minimum atomic E-state index is 0.268. The zero-order valence-electron chi connectivity index (χ0n) is 7.77. The van der Waals surface area contributed by atoms with Crippen molar-refractivity contribution >= 4 is 10.9 Å². The lowest BCUT2D eigenvalue weighted by molar-refractivity contribution is 0.476. The SMILES string of the molecule is NCCc1cnc2ccc(O)cc2c1. The molecule has 0 saturated carbocycles. The fourth-order valence-electron chi connectivity index (χ4n) is 1.47. The Kier molecular flexibility index (Phi) is 2.33. The lowest BCUT2D eigenvalue weighted by Crippen LogP contribution is -2.02. The van der Waals surface area contributed by atoms with Gasteiger partial charge in [0.25, 0.3) is 0 Å². The first-order chi connectivity index (χ1) is 6.79. The van der Waals surface area contributed by atoms with Gasteiger partial charge in [-0.15, -0.1) is 0 Å². The minimum Gasteiger partial charge on any atom is -0.508 e. The van der Waals surface area contributed by atoms with E-state index in [1.54, 1.807) is 18.2 Å². The molecule has 0 aliphatic carbocycles. The van der Waals surface area contributed by atoms with Gasteiger partial charge in [0, 0.05) is 11.6 Å². The highest BCUT2D eigenvalue weighted by molar-refractivity contribution is 5.80. The molecule has 0 fully saturated rings. The van der Waals surface area contributed by atoms with Crippen LogP contribution in [0.4, 0.5) is 0 Å². The van der Waals surface area contributed by atoms with E-state index in [1.165, 1.54) is 0 Å². The molecule has 0 atom stereocenters. The summed E-state index contributed by atoms with van der Waals surface area (Å²) in [5, 5.41) is 10.3. The summed E-state index contributed by atoms with van der Waals surface area (Å²) in [5.41, 5.74) is 7.45. The fraction of sp³-hybridized carbons (Fsp3) is 0.182. The molecule has 0 bridgehead atoms. The smallest absolute Gasteiger partial charge is 0.116 e. The summed E-state index contributed by atoms with van der Waals surface area (Å²) in [5.74, 6) is 0.268. The van der Waals surface area contributed by atoms with Crippen LogP contribution in [0.2, 0.25) is 0 Å². The molecule has 0 amide bonds. The van der Waals surface area contributed by atoms with Crippen LogP contribution in [0, 0.1) is 0 Å². The molecule has 0 spiro atoms. The van der Waals surface area contributed by atoms with E-state index in [9.17, 15) is 5.11 Å². The fourth-order valence-corrected chi connectivity index (χ4v) is 1.47. The van der Waals surface area contributed by atoms with Crippen LogP contribution in [0.1, 0.15) is 5.56 Å². The highest BCUT2D eigenvalue weighted by Gasteiger charge is 1.98. The molecule has 14 heavy (non-hydrogen) atoms. The van der Waals surface area contributed by atoms with Gasteiger partial charge in [-0.1, -0.05) is 0 Å². The van der Waals surface area contributed by atoms with E-state index in [0.29, 0.717) is 6.54 Å². The molecular formula is C11H12N2O. The lowest BCUT2D eigenvalue weighted by atomic mass is 10.1. The van der Waals surface area contributed by atoms with Crippen molar-refractivity contribution in [3.8, 4) is 5.75 Å². The summed E-state index contributed by atoms with van der Waals surface area (Å²) in [6.45, 7) is 0.617. The van der Waals surface area contributed by atoms with Crippen LogP contribution >= 0.6 is 0 Å². The zero-order valence-corrected chi connectivity index (χ0v) is 7.77. The Hall–Kier alpha value is -1.61. The van der Waals surface area contributed by atoms with Gasteiger partial charge in [-0.3, -0.25) is 4.98 Å². The Labute approximate surface area is 82.2 Å². The minimum absolute atomic E-state index is 0.268. The maximum atomic E-state index is 9.30. The topological polar surface area (TPSA) is 59.1 Å². The standard InChI is InChI=1S/C11H12N2O/c12-4-3-8-5-9-6-10(14)1-2-11(9)13-7-8/h1-2,5-7,14H,3-4,12H2. The van der Waals surface area contributed by atoms with E-state index < -0.39 is 0 Å². The van der Waals surface area contributed by atoms with Gasteiger partial charge in [0.2, 0.25) is 0 Å². The molecule has 72 valence electrons. The average molecular weight is 188 g/mol. The molecule has 3 heteroatoms. The third kappa shape index (κ3) is 1.67. The number of nitrogens with two attached hydrogens (primary N) is 1. The Morgan fingerprint density at radius 2 is 2.14 bits per heavy atom. The van der Waals surface area contributed by atoms with Crippen LogP contribution in [0.25, 0.3) is 10.9 Å². The third-order valence-electron chi connectivity index (χ3n) is 2.15. The molecule has 0 aliphatic rings. The first-order valence-corrected chi connectivity index (χ1v) is 4.57. The van der Waals surface area contributed by atoms with Gasteiger partial charge in [0.15, 0.2) is 0 Å². The van der Waals surface area contributed by atoms with E-state index >= 15 is 0 Å².